The van der Waals surface area contributed by atoms with E-state index in [1.54, 1.807) is 0 Å². The molecule has 0 amide bonds. The number of aliphatic hydroxyl groups excluding tert-OH is 4. The normalized spacial score (nSPS) is 26.4. The fourth-order valence-corrected chi connectivity index (χ4v) is 2.48. The zero-order valence-corrected chi connectivity index (χ0v) is 15.4. The van der Waals surface area contributed by atoms with Crippen molar-refractivity contribution in [2.45, 2.75) is 70.9 Å². The number of aliphatic hydroxyl groups is 4. The average molecular weight is 346 g/mol. The maximum Gasteiger partial charge on any atom is 0.115 e. The van der Waals surface area contributed by atoms with E-state index < -0.39 is 24.4 Å². The van der Waals surface area contributed by atoms with Crippen LogP contribution in [-0.4, -0.2) is 44.8 Å². The third-order valence-electron chi connectivity index (χ3n) is 4.11. The molecule has 4 heteroatoms. The third kappa shape index (κ3) is 7.41. The Morgan fingerprint density at radius 3 is 2.32 bits per heavy atom. The van der Waals surface area contributed by atoms with E-state index in [0.717, 1.165) is 24.8 Å². The van der Waals surface area contributed by atoms with Crippen LogP contribution in [0, 0.1) is 11.8 Å². The lowest BCUT2D eigenvalue weighted by molar-refractivity contribution is -0.0909. The van der Waals surface area contributed by atoms with Gasteiger partial charge in [-0.25, -0.2) is 0 Å². The summed E-state index contributed by atoms with van der Waals surface area (Å²) in [5.74, 6) is 5.59. The zero-order valence-electron chi connectivity index (χ0n) is 15.4. The molecule has 0 spiro atoms. The molecule has 0 saturated carbocycles. The lowest BCUT2D eigenvalue weighted by atomic mass is 9.89. The molecule has 0 saturated heterocycles. The molecule has 25 heavy (non-hydrogen) atoms. The molecule has 0 radical (unpaired) electrons. The molecular formula is C21H30O4. The van der Waals surface area contributed by atoms with Gasteiger partial charge in [0.25, 0.3) is 0 Å². The summed E-state index contributed by atoms with van der Waals surface area (Å²) >= 11 is 0. The summed E-state index contributed by atoms with van der Waals surface area (Å²) in [7, 11) is 0. The Balaban J connectivity index is 2.51. The summed E-state index contributed by atoms with van der Waals surface area (Å²) in [6.45, 7) is 10.2. The molecule has 4 atom stereocenters. The fraction of sp³-hybridized carbons (Fsp3) is 0.524. The second-order valence-corrected chi connectivity index (χ2v) is 6.80. The van der Waals surface area contributed by atoms with Gasteiger partial charge in [0, 0.05) is 5.57 Å². The van der Waals surface area contributed by atoms with E-state index in [9.17, 15) is 20.4 Å². The van der Waals surface area contributed by atoms with Crippen LogP contribution >= 0.6 is 0 Å². The van der Waals surface area contributed by atoms with E-state index in [2.05, 4.69) is 51.3 Å². The molecule has 0 bridgehead atoms. The molecule has 0 aromatic carbocycles. The van der Waals surface area contributed by atoms with E-state index >= 15 is 0 Å². The third-order valence-corrected chi connectivity index (χ3v) is 4.11. The predicted molar refractivity (Wildman–Crippen MR) is 101 cm³/mol. The highest BCUT2D eigenvalue weighted by molar-refractivity contribution is 5.41. The van der Waals surface area contributed by atoms with Crippen LogP contribution < -0.4 is 0 Å². The molecule has 1 rings (SSSR count). The highest BCUT2D eigenvalue weighted by atomic mass is 16.4. The van der Waals surface area contributed by atoms with Gasteiger partial charge in [-0.1, -0.05) is 41.7 Å². The Morgan fingerprint density at radius 1 is 1.04 bits per heavy atom. The van der Waals surface area contributed by atoms with Crippen molar-refractivity contribution in [1.29, 1.82) is 0 Å². The van der Waals surface area contributed by atoms with Crippen LogP contribution in [0.15, 0.2) is 47.1 Å². The van der Waals surface area contributed by atoms with Crippen molar-refractivity contribution >= 4 is 0 Å². The second kappa shape index (κ2) is 10.4. The van der Waals surface area contributed by atoms with E-state index in [4.69, 9.17) is 0 Å². The highest BCUT2D eigenvalue weighted by Crippen LogP contribution is 2.20. The molecule has 138 valence electrons. The fourth-order valence-electron chi connectivity index (χ4n) is 2.48. The van der Waals surface area contributed by atoms with Gasteiger partial charge in [0.05, 0.1) is 0 Å². The first-order chi connectivity index (χ1) is 11.7. The first-order valence-corrected chi connectivity index (χ1v) is 8.65. The maximum atomic E-state index is 9.87. The van der Waals surface area contributed by atoms with Crippen molar-refractivity contribution in [2.75, 3.05) is 0 Å². The maximum absolute atomic E-state index is 9.87. The van der Waals surface area contributed by atoms with Crippen molar-refractivity contribution in [1.82, 2.24) is 0 Å². The van der Waals surface area contributed by atoms with Gasteiger partial charge in [-0.15, -0.1) is 0 Å². The molecule has 0 aromatic rings. The highest BCUT2D eigenvalue weighted by Gasteiger charge is 2.35. The van der Waals surface area contributed by atoms with Gasteiger partial charge in [0.2, 0.25) is 0 Å². The molecule has 1 aliphatic carbocycles. The minimum Gasteiger partial charge on any atom is -0.387 e. The van der Waals surface area contributed by atoms with Gasteiger partial charge in [0.1, 0.15) is 24.4 Å². The Kier molecular flexibility index (Phi) is 8.88. The van der Waals surface area contributed by atoms with E-state index in [0.29, 0.717) is 6.42 Å². The van der Waals surface area contributed by atoms with Crippen molar-refractivity contribution < 1.29 is 20.4 Å². The van der Waals surface area contributed by atoms with Crippen LogP contribution in [0.2, 0.25) is 0 Å². The second-order valence-electron chi connectivity index (χ2n) is 6.80. The van der Waals surface area contributed by atoms with Crippen LogP contribution in [0.1, 0.15) is 46.5 Å². The molecule has 4 nitrogen and oxygen atoms in total. The lowest BCUT2D eigenvalue weighted by Crippen LogP contribution is -2.48. The summed E-state index contributed by atoms with van der Waals surface area (Å²) in [5, 5.41) is 38.6. The molecule has 4 N–H and O–H groups in total. The van der Waals surface area contributed by atoms with Gasteiger partial charge < -0.3 is 20.4 Å². The van der Waals surface area contributed by atoms with Gasteiger partial charge in [0.15, 0.2) is 0 Å². The lowest BCUT2D eigenvalue weighted by Gasteiger charge is -2.30. The summed E-state index contributed by atoms with van der Waals surface area (Å²) in [5.41, 5.74) is 3.60. The van der Waals surface area contributed by atoms with E-state index in [-0.39, 0.29) is 5.57 Å². The summed E-state index contributed by atoms with van der Waals surface area (Å²) in [6, 6.07) is 0. The van der Waals surface area contributed by atoms with Crippen LogP contribution in [0.3, 0.4) is 0 Å². The molecule has 0 fully saturated rings. The quantitative estimate of drug-likeness (QED) is 0.440. The predicted octanol–water partition coefficient (Wildman–Crippen LogP) is 2.40. The zero-order chi connectivity index (χ0) is 19.0. The first-order valence-electron chi connectivity index (χ1n) is 8.65. The largest absolute Gasteiger partial charge is 0.387 e. The number of allylic oxidation sites excluding steroid dienone is 5. The number of rotatable bonds is 6. The Bertz CT molecular complexity index is 612. The Labute approximate surface area is 150 Å². The molecule has 0 unspecified atom stereocenters. The molecular weight excluding hydrogens is 316 g/mol. The standard InChI is InChI=1S/C21H30O4/c1-14(2)7-5-8-15(3)9-6-10-16(4)11-12-17-13-18(22)20(24)21(25)19(17)23/h7,9,13,18-25H,4-6,8,10H2,1-3H3/b15-9+/t18-,19-,20-,21-/m1/s1. The minimum atomic E-state index is -1.44. The number of hydrogen-bond acceptors (Lipinski definition) is 4. The van der Waals surface area contributed by atoms with Crippen LogP contribution in [-0.2, 0) is 0 Å². The SMILES string of the molecule is C=C(C#CC1=C[C@@H](O)[C@@H](O)[C@H](O)[C@@H]1O)CC/C=C(\C)CCC=C(C)C. The topological polar surface area (TPSA) is 80.9 Å². The summed E-state index contributed by atoms with van der Waals surface area (Å²) in [6.07, 6.45) is 3.97. The van der Waals surface area contributed by atoms with E-state index in [1.807, 2.05) is 0 Å². The average Bonchev–Trinajstić information content (AvgIpc) is 2.54. The van der Waals surface area contributed by atoms with Crippen LogP contribution in [0.5, 0.6) is 0 Å². The molecule has 0 heterocycles. The molecule has 1 aliphatic rings. The van der Waals surface area contributed by atoms with Crippen molar-refractivity contribution in [3.05, 3.63) is 47.1 Å². The molecule has 0 aromatic heterocycles. The van der Waals surface area contributed by atoms with Crippen LogP contribution in [0.25, 0.3) is 0 Å². The van der Waals surface area contributed by atoms with Crippen molar-refractivity contribution in [3.63, 3.8) is 0 Å². The minimum absolute atomic E-state index is 0.208. The smallest absolute Gasteiger partial charge is 0.115 e. The first kappa shape index (κ1) is 21.4. The molecule has 0 aliphatic heterocycles. The number of hydrogen-bond donors (Lipinski definition) is 4. The van der Waals surface area contributed by atoms with Gasteiger partial charge in [-0.3, -0.25) is 0 Å². The van der Waals surface area contributed by atoms with Crippen LogP contribution in [0.4, 0.5) is 0 Å². The van der Waals surface area contributed by atoms with Gasteiger partial charge >= 0.3 is 0 Å². The Morgan fingerprint density at radius 2 is 1.68 bits per heavy atom. The summed E-state index contributed by atoms with van der Waals surface area (Å²) in [4.78, 5) is 0. The monoisotopic (exact) mass is 346 g/mol. The van der Waals surface area contributed by atoms with Crippen molar-refractivity contribution in [3.8, 4) is 11.8 Å². The summed E-state index contributed by atoms with van der Waals surface area (Å²) < 4.78 is 0. The van der Waals surface area contributed by atoms with Gasteiger partial charge in [-0.2, -0.15) is 0 Å². The Hall–Kier alpha value is -1.64. The van der Waals surface area contributed by atoms with E-state index in [1.165, 1.54) is 17.2 Å². The van der Waals surface area contributed by atoms with Gasteiger partial charge in [-0.05, 0) is 58.1 Å². The van der Waals surface area contributed by atoms with Crippen molar-refractivity contribution in [2.24, 2.45) is 0 Å².